The third-order valence-corrected chi connectivity index (χ3v) is 3.51. The molecule has 0 amide bonds. The molecule has 0 radical (unpaired) electrons. The second-order valence-corrected chi connectivity index (χ2v) is 5.15. The van der Waals surface area contributed by atoms with Crippen molar-refractivity contribution in [2.75, 3.05) is 13.7 Å². The Bertz CT molecular complexity index is 591. The lowest BCUT2D eigenvalue weighted by atomic mass is 10.4. The van der Waals surface area contributed by atoms with E-state index in [1.807, 2.05) is 4.72 Å². The summed E-state index contributed by atoms with van der Waals surface area (Å²) in [6.45, 7) is -0.519. The molecule has 102 valence electrons. The number of nitrogens with one attached hydrogen (secondary N) is 1. The molecule has 0 aliphatic heterocycles. The normalized spacial score (nSPS) is 12.5. The van der Waals surface area contributed by atoms with Crippen molar-refractivity contribution in [2.24, 2.45) is 0 Å². The zero-order chi connectivity index (χ0) is 14.5. The van der Waals surface area contributed by atoms with Gasteiger partial charge in [-0.2, -0.15) is 5.26 Å². The van der Waals surface area contributed by atoms with Gasteiger partial charge in [0.25, 0.3) is 0 Å². The van der Waals surface area contributed by atoms with Crippen molar-refractivity contribution < 1.29 is 23.1 Å². The fraction of sp³-hybridized carbons (Fsp3) is 0.300. The molecule has 1 aromatic rings. The highest BCUT2D eigenvalue weighted by molar-refractivity contribution is 7.89. The van der Waals surface area contributed by atoms with Crippen LogP contribution in [-0.4, -0.2) is 44.2 Å². The van der Waals surface area contributed by atoms with Crippen LogP contribution in [-0.2, 0) is 19.6 Å². The summed E-state index contributed by atoms with van der Waals surface area (Å²) < 4.78 is 29.8. The minimum Gasteiger partial charge on any atom is -0.467 e. The quantitative estimate of drug-likeness (QED) is 0.647. The minimum absolute atomic E-state index is 0.0774. The second kappa shape index (κ2) is 6.24. The first kappa shape index (κ1) is 15.0. The summed E-state index contributed by atoms with van der Waals surface area (Å²) >= 11 is 0. The third-order valence-electron chi connectivity index (χ3n) is 2.10. The van der Waals surface area contributed by atoms with Gasteiger partial charge in [0.05, 0.1) is 7.11 Å². The van der Waals surface area contributed by atoms with Gasteiger partial charge in [0, 0.05) is 12.7 Å². The van der Waals surface area contributed by atoms with Gasteiger partial charge in [-0.25, -0.2) is 22.9 Å². The topological polar surface area (TPSA) is 129 Å². The lowest BCUT2D eigenvalue weighted by molar-refractivity contribution is -0.149. The third kappa shape index (κ3) is 3.99. The number of sulfonamides is 1. The van der Waals surface area contributed by atoms with Gasteiger partial charge in [-0.3, -0.25) is 0 Å². The summed E-state index contributed by atoms with van der Waals surface area (Å²) in [6, 6.07) is 4.19. The number of aliphatic hydroxyl groups is 1. The molecule has 0 aromatic carbocycles. The molecule has 8 nitrogen and oxygen atoms in total. The fourth-order valence-electron chi connectivity index (χ4n) is 1.10. The molecule has 0 saturated heterocycles. The van der Waals surface area contributed by atoms with E-state index in [0.717, 1.165) is 13.3 Å². The number of ether oxygens (including phenoxy) is 1. The van der Waals surface area contributed by atoms with E-state index in [1.165, 1.54) is 12.1 Å². The van der Waals surface area contributed by atoms with E-state index in [1.54, 1.807) is 6.07 Å². The Morgan fingerprint density at radius 2 is 2.32 bits per heavy atom. The van der Waals surface area contributed by atoms with Crippen LogP contribution in [0.5, 0.6) is 0 Å². The molecule has 0 aliphatic carbocycles. The molecular formula is C10H11N3O5S. The number of hydrogen-bond acceptors (Lipinski definition) is 7. The molecule has 0 bridgehead atoms. The number of nitrogens with zero attached hydrogens (tertiary/aromatic N) is 2. The van der Waals surface area contributed by atoms with E-state index in [0.29, 0.717) is 0 Å². The molecule has 1 rings (SSSR count). The number of aromatic nitrogens is 1. The molecule has 2 N–H and O–H groups in total. The molecule has 0 fully saturated rings. The predicted molar refractivity (Wildman–Crippen MR) is 62.2 cm³/mol. The van der Waals surface area contributed by atoms with Gasteiger partial charge in [-0.15, -0.1) is 0 Å². The maximum atomic E-state index is 11.7. The van der Waals surface area contributed by atoms with E-state index in [9.17, 15) is 18.3 Å². The zero-order valence-corrected chi connectivity index (χ0v) is 10.7. The van der Waals surface area contributed by atoms with E-state index in [2.05, 4.69) is 9.72 Å². The van der Waals surface area contributed by atoms with Crippen molar-refractivity contribution in [1.29, 1.82) is 5.26 Å². The Labute approximate surface area is 109 Å². The highest BCUT2D eigenvalue weighted by Gasteiger charge is 2.20. The number of nitriles is 1. The van der Waals surface area contributed by atoms with Gasteiger partial charge in [-0.05, 0) is 12.1 Å². The summed E-state index contributed by atoms with van der Waals surface area (Å²) in [4.78, 5) is 14.3. The highest BCUT2D eigenvalue weighted by Crippen LogP contribution is 2.07. The van der Waals surface area contributed by atoms with Crippen LogP contribution in [0, 0.1) is 11.3 Å². The summed E-state index contributed by atoms with van der Waals surface area (Å²) in [5.74, 6) is -0.944. The Hall–Kier alpha value is -2.02. The molecule has 0 saturated carbocycles. The fourth-order valence-corrected chi connectivity index (χ4v) is 2.08. The molecule has 1 heterocycles. The molecular weight excluding hydrogens is 274 g/mol. The average molecular weight is 285 g/mol. The number of rotatable bonds is 5. The summed E-state index contributed by atoms with van der Waals surface area (Å²) in [7, 11) is -2.84. The Kier molecular flexibility index (Phi) is 4.94. The van der Waals surface area contributed by atoms with Crippen molar-refractivity contribution >= 4 is 16.0 Å². The van der Waals surface area contributed by atoms with Crippen LogP contribution in [0.2, 0.25) is 0 Å². The number of hydrogen-bond donors (Lipinski definition) is 2. The van der Waals surface area contributed by atoms with Crippen LogP contribution < -0.4 is 4.72 Å². The van der Waals surface area contributed by atoms with E-state index in [-0.39, 0.29) is 10.6 Å². The Balaban J connectivity index is 2.76. The van der Waals surface area contributed by atoms with Crippen molar-refractivity contribution in [2.45, 2.75) is 11.0 Å². The summed E-state index contributed by atoms with van der Waals surface area (Å²) in [5, 5.41) is 17.8. The SMILES string of the molecule is COC(=O)C(O)CNS(=O)(=O)c1ccc(C#N)nc1. The zero-order valence-electron chi connectivity index (χ0n) is 9.90. The van der Waals surface area contributed by atoms with Crippen LogP contribution in [0.25, 0.3) is 0 Å². The first-order valence-corrected chi connectivity index (χ1v) is 6.50. The van der Waals surface area contributed by atoms with Gasteiger partial charge < -0.3 is 9.84 Å². The highest BCUT2D eigenvalue weighted by atomic mass is 32.2. The van der Waals surface area contributed by atoms with Gasteiger partial charge in [0.1, 0.15) is 16.7 Å². The van der Waals surface area contributed by atoms with Gasteiger partial charge in [-0.1, -0.05) is 0 Å². The average Bonchev–Trinajstić information content (AvgIpc) is 2.44. The smallest absolute Gasteiger partial charge is 0.336 e. The monoisotopic (exact) mass is 285 g/mol. The van der Waals surface area contributed by atoms with Crippen LogP contribution in [0.15, 0.2) is 23.2 Å². The van der Waals surface area contributed by atoms with Gasteiger partial charge in [0.15, 0.2) is 6.10 Å². The number of carbonyl (C=O) groups excluding carboxylic acids is 1. The second-order valence-electron chi connectivity index (χ2n) is 3.38. The largest absolute Gasteiger partial charge is 0.467 e. The summed E-state index contributed by atoms with van der Waals surface area (Å²) in [6.07, 6.45) is -0.586. The van der Waals surface area contributed by atoms with E-state index < -0.39 is 28.6 Å². The molecule has 9 heteroatoms. The van der Waals surface area contributed by atoms with Crippen LogP contribution in [0.3, 0.4) is 0 Å². The van der Waals surface area contributed by atoms with E-state index in [4.69, 9.17) is 5.26 Å². The van der Waals surface area contributed by atoms with Crippen LogP contribution in [0.4, 0.5) is 0 Å². The molecule has 0 spiro atoms. The van der Waals surface area contributed by atoms with Crippen molar-refractivity contribution in [3.05, 3.63) is 24.0 Å². The first-order chi connectivity index (χ1) is 8.90. The maximum absolute atomic E-state index is 11.7. The predicted octanol–water partition coefficient (Wildman–Crippen LogP) is -1.23. The molecule has 19 heavy (non-hydrogen) atoms. The number of aliphatic hydroxyl groups excluding tert-OH is 1. The van der Waals surface area contributed by atoms with E-state index >= 15 is 0 Å². The van der Waals surface area contributed by atoms with Gasteiger partial charge in [0.2, 0.25) is 10.0 Å². The standard InChI is InChI=1S/C10H11N3O5S/c1-18-10(15)9(14)6-13-19(16,17)8-3-2-7(4-11)12-5-8/h2-3,5,9,13-14H,6H2,1H3. The minimum atomic E-state index is -3.91. The number of methoxy groups -OCH3 is 1. The number of pyridine rings is 1. The van der Waals surface area contributed by atoms with Crippen LogP contribution in [0.1, 0.15) is 5.69 Å². The number of carbonyl (C=O) groups is 1. The molecule has 1 aromatic heterocycles. The Morgan fingerprint density at radius 1 is 1.63 bits per heavy atom. The number of esters is 1. The van der Waals surface area contributed by atoms with Crippen molar-refractivity contribution in [1.82, 2.24) is 9.71 Å². The Morgan fingerprint density at radius 3 is 2.79 bits per heavy atom. The lowest BCUT2D eigenvalue weighted by Crippen LogP contribution is -2.37. The molecule has 1 unspecified atom stereocenters. The van der Waals surface area contributed by atoms with Crippen LogP contribution >= 0.6 is 0 Å². The lowest BCUT2D eigenvalue weighted by Gasteiger charge is -2.10. The molecule has 0 aliphatic rings. The first-order valence-electron chi connectivity index (χ1n) is 5.02. The molecule has 1 atom stereocenters. The van der Waals surface area contributed by atoms with Crippen molar-refractivity contribution in [3.8, 4) is 6.07 Å². The van der Waals surface area contributed by atoms with Gasteiger partial charge >= 0.3 is 5.97 Å². The van der Waals surface area contributed by atoms with Crippen molar-refractivity contribution in [3.63, 3.8) is 0 Å². The summed E-state index contributed by atoms with van der Waals surface area (Å²) in [5.41, 5.74) is 0.0774. The maximum Gasteiger partial charge on any atom is 0.336 e.